The minimum Gasteiger partial charge on any atom is -0.396 e. The molecule has 1 atom stereocenters. The Kier molecular flexibility index (Phi) is 5.29. The highest BCUT2D eigenvalue weighted by molar-refractivity contribution is 5.19. The third-order valence-corrected chi connectivity index (χ3v) is 2.41. The Morgan fingerprint density at radius 3 is 2.53 bits per heavy atom. The van der Waals surface area contributed by atoms with Crippen LogP contribution in [0.1, 0.15) is 31.4 Å². The van der Waals surface area contributed by atoms with E-state index in [4.69, 9.17) is 5.11 Å². The van der Waals surface area contributed by atoms with Gasteiger partial charge in [-0.05, 0) is 37.1 Å². The quantitative estimate of drug-likeness (QED) is 0.707. The number of halogens is 1. The van der Waals surface area contributed by atoms with Crippen LogP contribution in [0.4, 0.5) is 4.39 Å². The van der Waals surface area contributed by atoms with Crippen molar-refractivity contribution in [3.63, 3.8) is 0 Å². The molecule has 0 aromatic heterocycles. The summed E-state index contributed by atoms with van der Waals surface area (Å²) in [5.74, 6) is -0.205. The van der Waals surface area contributed by atoms with Gasteiger partial charge >= 0.3 is 0 Å². The maximum Gasteiger partial charge on any atom is 0.123 e. The van der Waals surface area contributed by atoms with Crippen LogP contribution >= 0.6 is 0 Å². The molecular formula is C12H18FNO. The molecule has 0 radical (unpaired) electrons. The Bertz CT molecular complexity index is 273. The summed E-state index contributed by atoms with van der Waals surface area (Å²) < 4.78 is 12.7. The number of hydrogen-bond donors (Lipinski definition) is 2. The fourth-order valence-electron chi connectivity index (χ4n) is 1.55. The van der Waals surface area contributed by atoms with E-state index in [1.807, 2.05) is 0 Å². The molecule has 2 N–H and O–H groups in total. The molecule has 84 valence electrons. The van der Waals surface area contributed by atoms with Gasteiger partial charge in [-0.2, -0.15) is 0 Å². The van der Waals surface area contributed by atoms with E-state index < -0.39 is 0 Å². The second kappa shape index (κ2) is 6.53. The molecule has 1 aromatic carbocycles. The van der Waals surface area contributed by atoms with Crippen LogP contribution in [0.15, 0.2) is 24.3 Å². The molecule has 0 aliphatic heterocycles. The fourth-order valence-corrected chi connectivity index (χ4v) is 1.55. The number of hydrogen-bond acceptors (Lipinski definition) is 2. The Labute approximate surface area is 90.1 Å². The van der Waals surface area contributed by atoms with Crippen molar-refractivity contribution in [2.45, 2.75) is 25.8 Å². The van der Waals surface area contributed by atoms with Gasteiger partial charge in [0.2, 0.25) is 0 Å². The zero-order valence-electron chi connectivity index (χ0n) is 9.04. The standard InChI is InChI=1S/C12H18FNO/c1-2-12(14-8-3-9-15)10-4-6-11(13)7-5-10/h4-7,12,14-15H,2-3,8-9H2,1H3. The van der Waals surface area contributed by atoms with Crippen LogP contribution < -0.4 is 5.32 Å². The lowest BCUT2D eigenvalue weighted by Crippen LogP contribution is -2.22. The van der Waals surface area contributed by atoms with Crippen molar-refractivity contribution in [2.24, 2.45) is 0 Å². The van der Waals surface area contributed by atoms with Crippen LogP contribution in [0, 0.1) is 5.82 Å². The van der Waals surface area contributed by atoms with E-state index in [1.54, 1.807) is 12.1 Å². The largest absolute Gasteiger partial charge is 0.396 e. The second-order valence-electron chi connectivity index (χ2n) is 3.54. The third-order valence-electron chi connectivity index (χ3n) is 2.41. The van der Waals surface area contributed by atoms with Crippen LogP contribution in [0.2, 0.25) is 0 Å². The highest BCUT2D eigenvalue weighted by Crippen LogP contribution is 2.16. The lowest BCUT2D eigenvalue weighted by atomic mass is 10.0. The van der Waals surface area contributed by atoms with Crippen LogP contribution in [-0.4, -0.2) is 18.3 Å². The molecule has 0 heterocycles. The van der Waals surface area contributed by atoms with Crippen molar-refractivity contribution >= 4 is 0 Å². The third kappa shape index (κ3) is 3.98. The fraction of sp³-hybridized carbons (Fsp3) is 0.500. The van der Waals surface area contributed by atoms with Gasteiger partial charge in [-0.15, -0.1) is 0 Å². The van der Waals surface area contributed by atoms with Gasteiger partial charge in [-0.3, -0.25) is 0 Å². The summed E-state index contributed by atoms with van der Waals surface area (Å²) in [6.45, 7) is 3.07. The van der Waals surface area contributed by atoms with Gasteiger partial charge < -0.3 is 10.4 Å². The maximum absolute atomic E-state index is 12.7. The molecule has 15 heavy (non-hydrogen) atoms. The Balaban J connectivity index is 2.53. The molecule has 0 aliphatic rings. The molecule has 1 aromatic rings. The molecule has 3 heteroatoms. The van der Waals surface area contributed by atoms with Gasteiger partial charge in [0.05, 0.1) is 0 Å². The Morgan fingerprint density at radius 1 is 1.33 bits per heavy atom. The minimum atomic E-state index is -0.205. The minimum absolute atomic E-state index is 0.201. The summed E-state index contributed by atoms with van der Waals surface area (Å²) in [7, 11) is 0. The van der Waals surface area contributed by atoms with Crippen molar-refractivity contribution < 1.29 is 9.50 Å². The summed E-state index contributed by atoms with van der Waals surface area (Å²) in [6.07, 6.45) is 1.70. The zero-order chi connectivity index (χ0) is 11.1. The van der Waals surface area contributed by atoms with E-state index in [9.17, 15) is 4.39 Å². The van der Waals surface area contributed by atoms with Crippen molar-refractivity contribution in [3.05, 3.63) is 35.6 Å². The molecule has 0 saturated heterocycles. The number of nitrogens with one attached hydrogen (secondary N) is 1. The van der Waals surface area contributed by atoms with Crippen LogP contribution in [0.5, 0.6) is 0 Å². The van der Waals surface area contributed by atoms with Crippen LogP contribution in [0.25, 0.3) is 0 Å². The first-order chi connectivity index (χ1) is 7.27. The smallest absolute Gasteiger partial charge is 0.123 e. The molecule has 1 rings (SSSR count). The summed E-state index contributed by atoms with van der Waals surface area (Å²) in [5.41, 5.74) is 1.09. The van der Waals surface area contributed by atoms with E-state index in [1.165, 1.54) is 12.1 Å². The average Bonchev–Trinajstić information content (AvgIpc) is 2.26. The van der Waals surface area contributed by atoms with Gasteiger partial charge in [0.25, 0.3) is 0 Å². The first-order valence-corrected chi connectivity index (χ1v) is 5.37. The number of benzene rings is 1. The van der Waals surface area contributed by atoms with Crippen molar-refractivity contribution in [2.75, 3.05) is 13.2 Å². The first-order valence-electron chi connectivity index (χ1n) is 5.37. The van der Waals surface area contributed by atoms with E-state index in [0.29, 0.717) is 0 Å². The maximum atomic E-state index is 12.7. The summed E-state index contributed by atoms with van der Waals surface area (Å²) in [4.78, 5) is 0. The molecule has 1 unspecified atom stereocenters. The highest BCUT2D eigenvalue weighted by Gasteiger charge is 2.07. The van der Waals surface area contributed by atoms with Gasteiger partial charge in [-0.25, -0.2) is 4.39 Å². The van der Waals surface area contributed by atoms with E-state index in [2.05, 4.69) is 12.2 Å². The van der Waals surface area contributed by atoms with Crippen molar-refractivity contribution in [1.82, 2.24) is 5.32 Å². The summed E-state index contributed by atoms with van der Waals surface area (Å²) in [6, 6.07) is 6.81. The predicted molar refractivity (Wildman–Crippen MR) is 59.1 cm³/mol. The van der Waals surface area contributed by atoms with Gasteiger partial charge in [0.15, 0.2) is 0 Å². The SMILES string of the molecule is CCC(NCCCO)c1ccc(F)cc1. The summed E-state index contributed by atoms with van der Waals surface area (Å²) >= 11 is 0. The Hall–Kier alpha value is -0.930. The van der Waals surface area contributed by atoms with Crippen molar-refractivity contribution in [1.29, 1.82) is 0 Å². The molecule has 0 fully saturated rings. The monoisotopic (exact) mass is 211 g/mol. The molecular weight excluding hydrogens is 193 g/mol. The zero-order valence-corrected chi connectivity index (χ0v) is 9.04. The Morgan fingerprint density at radius 2 is 2.00 bits per heavy atom. The normalized spacial score (nSPS) is 12.7. The van der Waals surface area contributed by atoms with Crippen molar-refractivity contribution in [3.8, 4) is 0 Å². The van der Waals surface area contributed by atoms with Gasteiger partial charge in [-0.1, -0.05) is 19.1 Å². The lowest BCUT2D eigenvalue weighted by molar-refractivity contribution is 0.283. The molecule has 0 spiro atoms. The molecule has 0 bridgehead atoms. The second-order valence-corrected chi connectivity index (χ2v) is 3.54. The summed E-state index contributed by atoms with van der Waals surface area (Å²) in [5, 5.41) is 12.0. The van der Waals surface area contributed by atoms with Crippen LogP contribution in [0.3, 0.4) is 0 Å². The molecule has 0 saturated carbocycles. The lowest BCUT2D eigenvalue weighted by Gasteiger charge is -2.17. The van der Waals surface area contributed by atoms with Gasteiger partial charge in [0, 0.05) is 12.6 Å². The highest BCUT2D eigenvalue weighted by atomic mass is 19.1. The number of aliphatic hydroxyl groups is 1. The van der Waals surface area contributed by atoms with E-state index >= 15 is 0 Å². The number of aliphatic hydroxyl groups excluding tert-OH is 1. The van der Waals surface area contributed by atoms with E-state index in [-0.39, 0.29) is 18.5 Å². The van der Waals surface area contributed by atoms with Crippen LogP contribution in [-0.2, 0) is 0 Å². The molecule has 2 nitrogen and oxygen atoms in total. The topological polar surface area (TPSA) is 32.3 Å². The molecule has 0 aliphatic carbocycles. The first kappa shape index (κ1) is 12.1. The van der Waals surface area contributed by atoms with Gasteiger partial charge in [0.1, 0.15) is 5.82 Å². The molecule has 0 amide bonds. The number of rotatable bonds is 6. The average molecular weight is 211 g/mol. The predicted octanol–water partition coefficient (Wildman–Crippen LogP) is 2.25. The van der Waals surface area contributed by atoms with E-state index in [0.717, 1.165) is 24.9 Å².